The summed E-state index contributed by atoms with van der Waals surface area (Å²) in [4.78, 5) is 18.2. The Morgan fingerprint density at radius 1 is 1.45 bits per heavy atom. The van der Waals surface area contributed by atoms with Crippen LogP contribution in [0, 0.1) is 6.92 Å². The summed E-state index contributed by atoms with van der Waals surface area (Å²) in [6.45, 7) is 9.20. The molecule has 0 aliphatic carbocycles. The zero-order valence-electron chi connectivity index (χ0n) is 12.6. The Kier molecular flexibility index (Phi) is 4.16. The second kappa shape index (κ2) is 5.69. The molecule has 0 bridgehead atoms. The standard InChI is InChI=1S/C15H23N3O2/c1-11-6-5-7-13(16-11)20-12-8-9-18(10-12)14(19)17-15(2,3)4/h5-7,12H,8-10H2,1-4H3,(H,17,19)/t12-/m0/s1. The van der Waals surface area contributed by atoms with Crippen LogP contribution in [-0.4, -0.2) is 40.6 Å². The maximum absolute atomic E-state index is 12.1. The molecule has 2 heterocycles. The van der Waals surface area contributed by atoms with Crippen LogP contribution in [0.5, 0.6) is 5.88 Å². The number of aryl methyl sites for hydroxylation is 1. The van der Waals surface area contributed by atoms with E-state index in [-0.39, 0.29) is 17.7 Å². The number of rotatable bonds is 2. The van der Waals surface area contributed by atoms with Gasteiger partial charge in [-0.3, -0.25) is 0 Å². The number of carbonyl (C=O) groups is 1. The van der Waals surface area contributed by atoms with Crippen LogP contribution in [0.2, 0.25) is 0 Å². The number of aromatic nitrogens is 1. The quantitative estimate of drug-likeness (QED) is 0.903. The van der Waals surface area contributed by atoms with E-state index in [0.717, 1.165) is 18.7 Å². The van der Waals surface area contributed by atoms with E-state index in [9.17, 15) is 4.79 Å². The first-order valence-electron chi connectivity index (χ1n) is 7.01. The molecule has 2 rings (SSSR count). The first-order chi connectivity index (χ1) is 9.33. The van der Waals surface area contributed by atoms with Crippen LogP contribution in [0.3, 0.4) is 0 Å². The predicted octanol–water partition coefficient (Wildman–Crippen LogP) is 2.35. The maximum Gasteiger partial charge on any atom is 0.317 e. The van der Waals surface area contributed by atoms with Gasteiger partial charge in [0, 0.05) is 30.3 Å². The average Bonchev–Trinajstić information content (AvgIpc) is 2.75. The van der Waals surface area contributed by atoms with Gasteiger partial charge in [0.05, 0.1) is 6.54 Å². The van der Waals surface area contributed by atoms with Crippen molar-refractivity contribution in [3.63, 3.8) is 0 Å². The van der Waals surface area contributed by atoms with Crippen molar-refractivity contribution >= 4 is 6.03 Å². The summed E-state index contributed by atoms with van der Waals surface area (Å²) < 4.78 is 5.83. The molecule has 110 valence electrons. The molecule has 1 N–H and O–H groups in total. The fraction of sp³-hybridized carbons (Fsp3) is 0.600. The maximum atomic E-state index is 12.1. The van der Waals surface area contributed by atoms with Gasteiger partial charge < -0.3 is 15.0 Å². The van der Waals surface area contributed by atoms with Gasteiger partial charge in [-0.1, -0.05) is 6.07 Å². The van der Waals surface area contributed by atoms with Gasteiger partial charge in [0.15, 0.2) is 0 Å². The Balaban J connectivity index is 1.88. The van der Waals surface area contributed by atoms with E-state index >= 15 is 0 Å². The van der Waals surface area contributed by atoms with Gasteiger partial charge in [-0.2, -0.15) is 0 Å². The number of carbonyl (C=O) groups excluding carboxylic acids is 1. The highest BCUT2D eigenvalue weighted by molar-refractivity contribution is 5.75. The molecule has 1 saturated heterocycles. The minimum Gasteiger partial charge on any atom is -0.472 e. The van der Waals surface area contributed by atoms with Gasteiger partial charge in [0.2, 0.25) is 5.88 Å². The molecule has 0 aromatic carbocycles. The molecule has 1 fully saturated rings. The van der Waals surface area contributed by atoms with Crippen molar-refractivity contribution in [2.45, 2.75) is 45.8 Å². The average molecular weight is 277 g/mol. The van der Waals surface area contributed by atoms with Crippen LogP contribution in [-0.2, 0) is 0 Å². The summed E-state index contributed by atoms with van der Waals surface area (Å²) in [6, 6.07) is 5.69. The van der Waals surface area contributed by atoms with Crippen molar-refractivity contribution < 1.29 is 9.53 Å². The molecule has 1 atom stereocenters. The molecule has 20 heavy (non-hydrogen) atoms. The summed E-state index contributed by atoms with van der Waals surface area (Å²) in [5.74, 6) is 0.632. The van der Waals surface area contributed by atoms with Crippen LogP contribution < -0.4 is 10.1 Å². The van der Waals surface area contributed by atoms with E-state index in [1.54, 1.807) is 4.90 Å². The van der Waals surface area contributed by atoms with E-state index in [2.05, 4.69) is 10.3 Å². The molecule has 1 aliphatic heterocycles. The van der Waals surface area contributed by atoms with Gasteiger partial charge >= 0.3 is 6.03 Å². The highest BCUT2D eigenvalue weighted by atomic mass is 16.5. The second-order valence-electron chi connectivity index (χ2n) is 6.27. The third-order valence-corrected chi connectivity index (χ3v) is 3.06. The van der Waals surface area contributed by atoms with Crippen LogP contribution in [0.15, 0.2) is 18.2 Å². The number of hydrogen-bond donors (Lipinski definition) is 1. The van der Waals surface area contributed by atoms with Crippen LogP contribution in [0.4, 0.5) is 4.79 Å². The summed E-state index contributed by atoms with van der Waals surface area (Å²) in [5.41, 5.74) is 0.719. The SMILES string of the molecule is Cc1cccc(O[C@H]2CCN(C(=O)NC(C)(C)C)C2)n1. The third-order valence-electron chi connectivity index (χ3n) is 3.06. The van der Waals surface area contributed by atoms with Gasteiger partial charge in [0.25, 0.3) is 0 Å². The van der Waals surface area contributed by atoms with Crippen molar-refractivity contribution in [1.82, 2.24) is 15.2 Å². The smallest absolute Gasteiger partial charge is 0.317 e. The summed E-state index contributed by atoms with van der Waals surface area (Å²) in [7, 11) is 0. The molecule has 1 aromatic rings. The number of ether oxygens (including phenoxy) is 1. The largest absolute Gasteiger partial charge is 0.472 e. The minimum absolute atomic E-state index is 0.0232. The van der Waals surface area contributed by atoms with E-state index in [1.165, 1.54) is 0 Å². The van der Waals surface area contributed by atoms with Crippen LogP contribution >= 0.6 is 0 Å². The lowest BCUT2D eigenvalue weighted by Gasteiger charge is -2.25. The Bertz CT molecular complexity index is 482. The molecular formula is C15H23N3O2. The van der Waals surface area contributed by atoms with Crippen LogP contribution in [0.25, 0.3) is 0 Å². The highest BCUT2D eigenvalue weighted by Gasteiger charge is 2.29. The van der Waals surface area contributed by atoms with Crippen molar-refractivity contribution in [3.05, 3.63) is 23.9 Å². The van der Waals surface area contributed by atoms with Gasteiger partial charge in [0.1, 0.15) is 6.10 Å². The molecule has 0 saturated carbocycles. The molecule has 5 heteroatoms. The highest BCUT2D eigenvalue weighted by Crippen LogP contribution is 2.17. The first-order valence-corrected chi connectivity index (χ1v) is 7.01. The molecule has 5 nitrogen and oxygen atoms in total. The van der Waals surface area contributed by atoms with E-state index in [1.807, 2.05) is 45.9 Å². The zero-order chi connectivity index (χ0) is 14.8. The zero-order valence-corrected chi connectivity index (χ0v) is 12.6. The van der Waals surface area contributed by atoms with Crippen molar-refractivity contribution in [1.29, 1.82) is 0 Å². The molecule has 1 aromatic heterocycles. The lowest BCUT2D eigenvalue weighted by Crippen LogP contribution is -2.48. The Hall–Kier alpha value is -1.78. The molecular weight excluding hydrogens is 254 g/mol. The molecule has 2 amide bonds. The minimum atomic E-state index is -0.214. The van der Waals surface area contributed by atoms with E-state index in [0.29, 0.717) is 12.4 Å². The number of amides is 2. The topological polar surface area (TPSA) is 54.5 Å². The van der Waals surface area contributed by atoms with Crippen LogP contribution in [0.1, 0.15) is 32.9 Å². The summed E-state index contributed by atoms with van der Waals surface area (Å²) >= 11 is 0. The fourth-order valence-corrected chi connectivity index (χ4v) is 2.16. The number of nitrogens with zero attached hydrogens (tertiary/aromatic N) is 2. The Morgan fingerprint density at radius 2 is 2.20 bits per heavy atom. The molecule has 0 radical (unpaired) electrons. The first kappa shape index (κ1) is 14.6. The van der Waals surface area contributed by atoms with Gasteiger partial charge in [-0.25, -0.2) is 9.78 Å². The Labute approximate surface area is 120 Å². The molecule has 1 aliphatic rings. The number of nitrogens with one attached hydrogen (secondary N) is 1. The van der Waals surface area contributed by atoms with Gasteiger partial charge in [-0.15, -0.1) is 0 Å². The van der Waals surface area contributed by atoms with E-state index in [4.69, 9.17) is 4.74 Å². The lowest BCUT2D eigenvalue weighted by atomic mass is 10.1. The summed E-state index contributed by atoms with van der Waals surface area (Å²) in [5, 5.41) is 2.97. The lowest BCUT2D eigenvalue weighted by molar-refractivity contribution is 0.178. The summed E-state index contributed by atoms with van der Waals surface area (Å²) in [6.07, 6.45) is 0.864. The molecule has 0 spiro atoms. The number of hydrogen-bond acceptors (Lipinski definition) is 3. The second-order valence-corrected chi connectivity index (χ2v) is 6.27. The molecule has 0 unspecified atom stereocenters. The number of likely N-dealkylation sites (tertiary alicyclic amines) is 1. The number of pyridine rings is 1. The van der Waals surface area contributed by atoms with Crippen molar-refractivity contribution in [2.75, 3.05) is 13.1 Å². The normalized spacial score (nSPS) is 19.0. The fourth-order valence-electron chi connectivity index (χ4n) is 2.16. The predicted molar refractivity (Wildman–Crippen MR) is 77.9 cm³/mol. The van der Waals surface area contributed by atoms with E-state index < -0.39 is 0 Å². The number of urea groups is 1. The Morgan fingerprint density at radius 3 is 2.85 bits per heavy atom. The van der Waals surface area contributed by atoms with Gasteiger partial charge in [-0.05, 0) is 33.8 Å². The monoisotopic (exact) mass is 277 g/mol. The van der Waals surface area contributed by atoms with Crippen molar-refractivity contribution in [2.24, 2.45) is 0 Å². The van der Waals surface area contributed by atoms with Crippen molar-refractivity contribution in [3.8, 4) is 5.88 Å². The third kappa shape index (κ3) is 4.11.